The lowest BCUT2D eigenvalue weighted by molar-refractivity contribution is -0.384. The molecule has 3 rings (SSSR count). The highest BCUT2D eigenvalue weighted by Gasteiger charge is 2.35. The van der Waals surface area contributed by atoms with Crippen molar-refractivity contribution in [3.8, 4) is 16.9 Å². The Labute approximate surface area is 176 Å². The van der Waals surface area contributed by atoms with Crippen molar-refractivity contribution in [1.82, 2.24) is 4.90 Å². The second-order valence-corrected chi connectivity index (χ2v) is 8.80. The molecule has 2 N–H and O–H groups in total. The summed E-state index contributed by atoms with van der Waals surface area (Å²) in [6.07, 6.45) is -1.25. The third-order valence-electron chi connectivity index (χ3n) is 4.18. The number of nitro groups is 1. The summed E-state index contributed by atoms with van der Waals surface area (Å²) >= 11 is 1.01. The highest BCUT2D eigenvalue weighted by molar-refractivity contribution is 8.13. The Morgan fingerprint density at radius 1 is 1.27 bits per heavy atom. The monoisotopic (exact) mass is 451 g/mol. The Kier molecular flexibility index (Phi) is 6.57. The van der Waals surface area contributed by atoms with E-state index in [1.807, 2.05) is 0 Å². The zero-order chi connectivity index (χ0) is 21.9. The Morgan fingerprint density at radius 2 is 1.93 bits per heavy atom. The molecule has 158 valence electrons. The van der Waals surface area contributed by atoms with Gasteiger partial charge < -0.3 is 4.52 Å². The fourth-order valence-corrected chi connectivity index (χ4v) is 4.58. The predicted molar refractivity (Wildman–Crippen MR) is 111 cm³/mol. The molecule has 0 saturated carbocycles. The van der Waals surface area contributed by atoms with Crippen molar-refractivity contribution < 1.29 is 28.1 Å². The van der Waals surface area contributed by atoms with Crippen LogP contribution in [0.5, 0.6) is 5.75 Å². The van der Waals surface area contributed by atoms with Crippen LogP contribution >= 0.6 is 19.5 Å². The summed E-state index contributed by atoms with van der Waals surface area (Å²) in [5, 5.41) is 10.4. The second kappa shape index (κ2) is 8.97. The van der Waals surface area contributed by atoms with Crippen LogP contribution in [0.1, 0.15) is 6.92 Å². The Bertz CT molecular complexity index is 1030. The first-order valence-electron chi connectivity index (χ1n) is 8.76. The van der Waals surface area contributed by atoms with Crippen LogP contribution in [0.3, 0.4) is 0 Å². The molecule has 2 aromatic carbocycles. The summed E-state index contributed by atoms with van der Waals surface area (Å²) in [7, 11) is -4.23. The maximum absolute atomic E-state index is 12.7. The van der Waals surface area contributed by atoms with E-state index in [1.165, 1.54) is 37.3 Å². The molecule has 0 spiro atoms. The second-order valence-electron chi connectivity index (χ2n) is 6.28. The van der Waals surface area contributed by atoms with E-state index in [-0.39, 0.29) is 18.0 Å². The average molecular weight is 451 g/mol. The van der Waals surface area contributed by atoms with Gasteiger partial charge in [0.05, 0.1) is 4.92 Å². The molecule has 0 aromatic heterocycles. The van der Waals surface area contributed by atoms with Gasteiger partial charge in [-0.3, -0.25) is 29.1 Å². The molecule has 1 fully saturated rings. The number of nitrogens with zero attached hydrogens (tertiary/aromatic N) is 2. The summed E-state index contributed by atoms with van der Waals surface area (Å²) in [4.78, 5) is 35.4. The summed E-state index contributed by atoms with van der Waals surface area (Å²) in [6.45, 7) is 1.58. The Morgan fingerprint density at radius 3 is 2.53 bits per heavy atom. The number of carbonyl (C=O) groups is 2. The minimum absolute atomic E-state index is 0.0769. The van der Waals surface area contributed by atoms with E-state index in [1.54, 1.807) is 18.2 Å². The number of hydrogen-bond donors (Lipinski definition) is 1. The van der Waals surface area contributed by atoms with E-state index in [2.05, 4.69) is 0 Å². The molecule has 0 radical (unpaired) electrons. The topological polar surface area (TPSA) is 142 Å². The number of benzene rings is 2. The Hall–Kier alpha value is -2.72. The van der Waals surface area contributed by atoms with Crippen molar-refractivity contribution in [2.45, 2.75) is 13.0 Å². The zero-order valence-electron chi connectivity index (χ0n) is 15.8. The van der Waals surface area contributed by atoms with Gasteiger partial charge in [0.2, 0.25) is 0 Å². The lowest BCUT2D eigenvalue weighted by Crippen LogP contribution is -2.39. The van der Waals surface area contributed by atoms with Gasteiger partial charge in [-0.2, -0.15) is 0 Å². The van der Waals surface area contributed by atoms with E-state index in [4.69, 9.17) is 14.6 Å². The van der Waals surface area contributed by atoms with Crippen LogP contribution in [-0.4, -0.2) is 39.4 Å². The molecule has 10 nitrogen and oxygen atoms in total. The van der Waals surface area contributed by atoms with Gasteiger partial charge in [-0.15, -0.1) is 0 Å². The number of thioether (sulfide) groups is 1. The van der Waals surface area contributed by atoms with Gasteiger partial charge in [0.25, 0.3) is 16.8 Å². The molecule has 2 amide bonds. The minimum Gasteiger partial charge on any atom is -0.413 e. The number of amides is 2. The van der Waals surface area contributed by atoms with Crippen molar-refractivity contribution in [2.75, 3.05) is 12.3 Å². The molecule has 2 unspecified atom stereocenters. The molecular weight excluding hydrogens is 433 g/mol. The van der Waals surface area contributed by atoms with Gasteiger partial charge in [0, 0.05) is 30.0 Å². The number of hydrogen-bond acceptors (Lipinski definition) is 8. The van der Waals surface area contributed by atoms with E-state index in [0.717, 1.165) is 16.7 Å². The van der Waals surface area contributed by atoms with Gasteiger partial charge in [0.1, 0.15) is 11.9 Å². The molecule has 1 saturated heterocycles. The third-order valence-corrected chi connectivity index (χ3v) is 6.10. The van der Waals surface area contributed by atoms with Gasteiger partial charge in [-0.25, -0.2) is 10.1 Å². The van der Waals surface area contributed by atoms with E-state index in [9.17, 15) is 24.3 Å². The van der Waals surface area contributed by atoms with Gasteiger partial charge in [-0.1, -0.05) is 30.0 Å². The number of nitro benzene ring substituents is 1. The summed E-state index contributed by atoms with van der Waals surface area (Å²) < 4.78 is 23.3. The quantitative estimate of drug-likeness (QED) is 0.378. The van der Waals surface area contributed by atoms with Gasteiger partial charge >= 0.3 is 7.75 Å². The fraction of sp³-hybridized carbons (Fsp3) is 0.222. The first-order chi connectivity index (χ1) is 14.2. The Balaban J connectivity index is 1.76. The highest BCUT2D eigenvalue weighted by Crippen LogP contribution is 2.45. The molecule has 2 atom stereocenters. The molecule has 1 aliphatic rings. The maximum Gasteiger partial charge on any atom is 0.456 e. The third kappa shape index (κ3) is 5.06. The number of para-hydroxylation sites is 1. The first kappa shape index (κ1) is 22.0. The lowest BCUT2D eigenvalue weighted by atomic mass is 10.0. The number of non-ortho nitro benzene ring substituents is 1. The summed E-state index contributed by atoms with van der Waals surface area (Å²) in [6, 6.07) is 12.2. The van der Waals surface area contributed by atoms with Gasteiger partial charge in [0.15, 0.2) is 0 Å². The van der Waals surface area contributed by atoms with Gasteiger partial charge in [-0.05, 0) is 30.7 Å². The highest BCUT2D eigenvalue weighted by atomic mass is 32.2. The van der Waals surface area contributed by atoms with Crippen LogP contribution in [0.25, 0.3) is 11.1 Å². The summed E-state index contributed by atoms with van der Waals surface area (Å²) in [5.41, 5.74) is 6.66. The fourth-order valence-electron chi connectivity index (χ4n) is 2.78. The van der Waals surface area contributed by atoms with Crippen molar-refractivity contribution in [2.24, 2.45) is 5.50 Å². The zero-order valence-corrected chi connectivity index (χ0v) is 17.5. The van der Waals surface area contributed by atoms with Crippen molar-refractivity contribution in [3.63, 3.8) is 0 Å². The lowest BCUT2D eigenvalue weighted by Gasteiger charge is -2.22. The normalized spacial score (nSPS) is 16.7. The van der Waals surface area contributed by atoms with Crippen molar-refractivity contribution in [1.29, 1.82) is 0 Å². The molecule has 0 bridgehead atoms. The predicted octanol–water partition coefficient (Wildman–Crippen LogP) is 3.81. The molecule has 12 heteroatoms. The largest absolute Gasteiger partial charge is 0.456 e. The number of rotatable bonds is 7. The summed E-state index contributed by atoms with van der Waals surface area (Å²) in [5.74, 6) is -0.0518. The van der Waals surface area contributed by atoms with Crippen molar-refractivity contribution >= 4 is 36.3 Å². The molecular formula is C18H18N3O7PS. The van der Waals surface area contributed by atoms with Crippen LogP contribution in [0.15, 0.2) is 48.5 Å². The van der Waals surface area contributed by atoms with Crippen LogP contribution < -0.4 is 10.0 Å². The standard InChI is InChI=1S/C18H18N3O7PS/c1-12(17(22)20-10-11-30-18(20)23)27-29(19,26)28-16-5-3-2-4-15(16)13-6-8-14(9-7-13)21(24)25/h2-9,12H,10-11H2,1H3,(H2,19,26). The average Bonchev–Trinajstić information content (AvgIpc) is 3.13. The number of carbonyl (C=O) groups excluding carboxylic acids is 2. The molecule has 1 heterocycles. The smallest absolute Gasteiger partial charge is 0.413 e. The SMILES string of the molecule is CC(OP(N)(=O)Oc1ccccc1-c1ccc([N+](=O)[O-])cc1)C(=O)N1CCSC1=O. The number of imide groups is 1. The van der Waals surface area contributed by atoms with Crippen LogP contribution in [0.2, 0.25) is 0 Å². The maximum atomic E-state index is 12.7. The minimum atomic E-state index is -4.23. The molecule has 30 heavy (non-hydrogen) atoms. The van der Waals surface area contributed by atoms with E-state index in [0.29, 0.717) is 16.9 Å². The van der Waals surface area contributed by atoms with Crippen LogP contribution in [0.4, 0.5) is 10.5 Å². The molecule has 1 aliphatic heterocycles. The van der Waals surface area contributed by atoms with Crippen LogP contribution in [0, 0.1) is 10.1 Å². The van der Waals surface area contributed by atoms with E-state index < -0.39 is 29.9 Å². The molecule has 0 aliphatic carbocycles. The molecule has 2 aromatic rings. The van der Waals surface area contributed by atoms with Crippen LogP contribution in [-0.2, 0) is 13.9 Å². The number of nitrogens with two attached hydrogens (primary N) is 1. The van der Waals surface area contributed by atoms with E-state index >= 15 is 0 Å². The first-order valence-corrected chi connectivity index (χ1v) is 11.4. The van der Waals surface area contributed by atoms with Crippen molar-refractivity contribution in [3.05, 3.63) is 58.6 Å².